The SMILES string of the molecule is COC(=O)c1nccc(NS(=O)(=O)c2cc(C)sc2C)n1. The zero-order chi connectivity index (χ0) is 15.6. The maximum atomic E-state index is 12.3. The predicted molar refractivity (Wildman–Crippen MR) is 78.0 cm³/mol. The molecule has 0 saturated heterocycles. The van der Waals surface area contributed by atoms with Gasteiger partial charge in [-0.2, -0.15) is 0 Å². The first-order valence-corrected chi connectivity index (χ1v) is 8.14. The Labute approximate surface area is 126 Å². The Morgan fingerprint density at radius 2 is 2.10 bits per heavy atom. The van der Waals surface area contributed by atoms with Crippen LogP contribution in [-0.2, 0) is 14.8 Å². The van der Waals surface area contributed by atoms with Crippen molar-refractivity contribution in [3.8, 4) is 0 Å². The number of ether oxygens (including phenoxy) is 1. The van der Waals surface area contributed by atoms with E-state index in [2.05, 4.69) is 19.4 Å². The number of carbonyl (C=O) groups excluding carboxylic acids is 1. The first-order chi connectivity index (χ1) is 9.83. The van der Waals surface area contributed by atoms with Crippen LogP contribution >= 0.6 is 11.3 Å². The first-order valence-electron chi connectivity index (χ1n) is 5.84. The van der Waals surface area contributed by atoms with Gasteiger partial charge in [0.2, 0.25) is 5.82 Å². The standard InChI is InChI=1S/C12H13N3O4S2/c1-7-6-9(8(2)20-7)21(17,18)15-10-4-5-13-11(14-10)12(16)19-3/h4-6H,1-3H3,(H,13,14,15). The van der Waals surface area contributed by atoms with E-state index in [1.165, 1.54) is 30.7 Å². The van der Waals surface area contributed by atoms with Crippen LogP contribution in [0.4, 0.5) is 5.82 Å². The van der Waals surface area contributed by atoms with E-state index in [0.717, 1.165) is 4.88 Å². The Morgan fingerprint density at radius 1 is 1.38 bits per heavy atom. The van der Waals surface area contributed by atoms with Gasteiger partial charge in [0.25, 0.3) is 10.0 Å². The molecule has 0 aromatic carbocycles. The van der Waals surface area contributed by atoms with Crippen molar-refractivity contribution in [3.63, 3.8) is 0 Å². The normalized spacial score (nSPS) is 11.2. The molecule has 7 nitrogen and oxygen atoms in total. The van der Waals surface area contributed by atoms with Gasteiger partial charge in [-0.3, -0.25) is 4.72 Å². The number of aryl methyl sites for hydroxylation is 2. The van der Waals surface area contributed by atoms with Gasteiger partial charge in [0, 0.05) is 16.0 Å². The third-order valence-corrected chi connectivity index (χ3v) is 5.12. The second-order valence-corrected chi connectivity index (χ2v) is 7.25. The number of anilines is 1. The molecule has 0 amide bonds. The van der Waals surface area contributed by atoms with E-state index in [-0.39, 0.29) is 16.5 Å². The Bertz CT molecular complexity index is 784. The summed E-state index contributed by atoms with van der Waals surface area (Å²) in [5.41, 5.74) is 0. The molecule has 0 spiro atoms. The van der Waals surface area contributed by atoms with Crippen LogP contribution in [0.3, 0.4) is 0 Å². The highest BCUT2D eigenvalue weighted by atomic mass is 32.2. The van der Waals surface area contributed by atoms with Crippen LogP contribution in [0.15, 0.2) is 23.2 Å². The fourth-order valence-corrected chi connectivity index (χ4v) is 4.23. The van der Waals surface area contributed by atoms with E-state index in [9.17, 15) is 13.2 Å². The maximum absolute atomic E-state index is 12.3. The fourth-order valence-electron chi connectivity index (χ4n) is 1.67. The van der Waals surface area contributed by atoms with Crippen LogP contribution in [0.5, 0.6) is 0 Å². The average molecular weight is 327 g/mol. The molecule has 21 heavy (non-hydrogen) atoms. The molecule has 0 aliphatic carbocycles. The Balaban J connectivity index is 2.33. The van der Waals surface area contributed by atoms with Crippen molar-refractivity contribution >= 4 is 33.1 Å². The molecule has 9 heteroatoms. The molecular weight excluding hydrogens is 314 g/mol. The number of nitrogens with zero attached hydrogens (tertiary/aromatic N) is 2. The number of methoxy groups -OCH3 is 1. The van der Waals surface area contributed by atoms with E-state index >= 15 is 0 Å². The van der Waals surface area contributed by atoms with Gasteiger partial charge in [0.15, 0.2) is 0 Å². The Morgan fingerprint density at radius 3 is 2.67 bits per heavy atom. The van der Waals surface area contributed by atoms with Gasteiger partial charge in [-0.15, -0.1) is 11.3 Å². The summed E-state index contributed by atoms with van der Waals surface area (Å²) in [7, 11) is -2.56. The van der Waals surface area contributed by atoms with Crippen LogP contribution in [0.1, 0.15) is 20.4 Å². The zero-order valence-electron chi connectivity index (χ0n) is 11.6. The Kier molecular flexibility index (Phi) is 4.24. The van der Waals surface area contributed by atoms with Crippen LogP contribution in [-0.4, -0.2) is 31.5 Å². The van der Waals surface area contributed by atoms with Gasteiger partial charge in [0.05, 0.1) is 7.11 Å². The van der Waals surface area contributed by atoms with Gasteiger partial charge in [-0.05, 0) is 26.0 Å². The fraction of sp³-hybridized carbons (Fsp3) is 0.250. The smallest absolute Gasteiger partial charge is 0.376 e. The third kappa shape index (κ3) is 3.37. The molecule has 112 valence electrons. The molecule has 1 N–H and O–H groups in total. The summed E-state index contributed by atoms with van der Waals surface area (Å²) < 4.78 is 31.4. The highest BCUT2D eigenvalue weighted by Crippen LogP contribution is 2.26. The zero-order valence-corrected chi connectivity index (χ0v) is 13.2. The van der Waals surface area contributed by atoms with E-state index in [1.54, 1.807) is 13.0 Å². The lowest BCUT2D eigenvalue weighted by Crippen LogP contribution is -2.16. The minimum atomic E-state index is -3.75. The molecule has 0 saturated carbocycles. The summed E-state index contributed by atoms with van der Waals surface area (Å²) in [5, 5.41) is 0. The summed E-state index contributed by atoms with van der Waals surface area (Å²) in [6, 6.07) is 2.95. The lowest BCUT2D eigenvalue weighted by molar-refractivity contribution is 0.0587. The molecule has 0 bridgehead atoms. The third-order valence-electron chi connectivity index (χ3n) is 2.55. The van der Waals surface area contributed by atoms with E-state index in [1.807, 2.05) is 6.92 Å². The van der Waals surface area contributed by atoms with Crippen molar-refractivity contribution in [1.29, 1.82) is 0 Å². The summed E-state index contributed by atoms with van der Waals surface area (Å²) in [4.78, 5) is 20.6. The number of esters is 1. The summed E-state index contributed by atoms with van der Waals surface area (Å²) >= 11 is 1.39. The largest absolute Gasteiger partial charge is 0.463 e. The molecule has 0 radical (unpaired) electrons. The number of aromatic nitrogens is 2. The summed E-state index contributed by atoms with van der Waals surface area (Å²) in [6.45, 7) is 3.56. The molecule has 2 heterocycles. The van der Waals surface area contributed by atoms with Gasteiger partial charge in [-0.25, -0.2) is 23.2 Å². The Hall–Kier alpha value is -2.00. The minimum Gasteiger partial charge on any atom is -0.463 e. The van der Waals surface area contributed by atoms with Crippen LogP contribution in [0.25, 0.3) is 0 Å². The molecule has 2 aromatic heterocycles. The van der Waals surface area contributed by atoms with E-state index in [4.69, 9.17) is 0 Å². The van der Waals surface area contributed by atoms with Gasteiger partial charge < -0.3 is 4.74 Å². The van der Waals surface area contributed by atoms with Crippen molar-refractivity contribution in [2.45, 2.75) is 18.7 Å². The second-order valence-electron chi connectivity index (χ2n) is 4.14. The molecule has 2 rings (SSSR count). The van der Waals surface area contributed by atoms with E-state index < -0.39 is 16.0 Å². The molecule has 2 aromatic rings. The highest BCUT2D eigenvalue weighted by Gasteiger charge is 2.20. The molecule has 0 atom stereocenters. The van der Waals surface area contributed by atoms with Crippen molar-refractivity contribution in [2.75, 3.05) is 11.8 Å². The first kappa shape index (κ1) is 15.4. The number of hydrogen-bond donors (Lipinski definition) is 1. The highest BCUT2D eigenvalue weighted by molar-refractivity contribution is 7.93. The van der Waals surface area contributed by atoms with Crippen molar-refractivity contribution < 1.29 is 17.9 Å². The van der Waals surface area contributed by atoms with Gasteiger partial charge >= 0.3 is 5.97 Å². The molecule has 0 fully saturated rings. The van der Waals surface area contributed by atoms with Gasteiger partial charge in [0.1, 0.15) is 10.7 Å². The quantitative estimate of drug-likeness (QED) is 0.859. The average Bonchev–Trinajstić information content (AvgIpc) is 2.77. The minimum absolute atomic E-state index is 0.00801. The van der Waals surface area contributed by atoms with Crippen LogP contribution < -0.4 is 4.72 Å². The number of nitrogens with one attached hydrogen (secondary N) is 1. The number of sulfonamides is 1. The molecule has 0 unspecified atom stereocenters. The van der Waals surface area contributed by atoms with Crippen molar-refractivity contribution in [2.24, 2.45) is 0 Å². The lowest BCUT2D eigenvalue weighted by Gasteiger charge is -2.07. The molecule has 0 aliphatic heterocycles. The number of hydrogen-bond acceptors (Lipinski definition) is 7. The number of carbonyl (C=O) groups is 1. The summed E-state index contributed by atoms with van der Waals surface area (Å²) in [5.74, 6) is -0.941. The number of rotatable bonds is 4. The van der Waals surface area contributed by atoms with Crippen LogP contribution in [0.2, 0.25) is 0 Å². The molecule has 0 aliphatic rings. The molecular formula is C12H13N3O4S2. The van der Waals surface area contributed by atoms with E-state index in [0.29, 0.717) is 4.88 Å². The topological polar surface area (TPSA) is 98.2 Å². The predicted octanol–water partition coefficient (Wildman–Crippen LogP) is 1.74. The number of thiophene rings is 1. The van der Waals surface area contributed by atoms with Crippen molar-refractivity contribution in [3.05, 3.63) is 33.9 Å². The van der Waals surface area contributed by atoms with Gasteiger partial charge in [-0.1, -0.05) is 0 Å². The van der Waals surface area contributed by atoms with Crippen molar-refractivity contribution in [1.82, 2.24) is 9.97 Å². The monoisotopic (exact) mass is 327 g/mol. The van der Waals surface area contributed by atoms with Crippen LogP contribution in [0, 0.1) is 13.8 Å². The summed E-state index contributed by atoms with van der Waals surface area (Å²) in [6.07, 6.45) is 1.28. The lowest BCUT2D eigenvalue weighted by atomic mass is 10.4. The maximum Gasteiger partial charge on any atom is 0.376 e. The second kappa shape index (κ2) is 5.78.